The van der Waals surface area contributed by atoms with Crippen molar-refractivity contribution in [2.24, 2.45) is 16.8 Å². The van der Waals surface area contributed by atoms with E-state index < -0.39 is 0 Å². The molecule has 1 unspecified atom stereocenters. The molecule has 7 heteroatoms. The molecule has 1 atom stereocenters. The van der Waals surface area contributed by atoms with Crippen LogP contribution in [-0.4, -0.2) is 37.2 Å². The molecule has 0 fully saturated rings. The highest BCUT2D eigenvalue weighted by Gasteiger charge is 2.21. The third-order valence-corrected chi connectivity index (χ3v) is 3.69. The summed E-state index contributed by atoms with van der Waals surface area (Å²) in [4.78, 5) is 22.7. The first-order chi connectivity index (χ1) is 11.6. The van der Waals surface area contributed by atoms with Gasteiger partial charge in [-0.05, 0) is 36.2 Å². The molecule has 2 rings (SSSR count). The zero-order chi connectivity index (χ0) is 17.4. The molecule has 0 saturated heterocycles. The summed E-state index contributed by atoms with van der Waals surface area (Å²) in [5.41, 5.74) is 9.68. The van der Waals surface area contributed by atoms with Gasteiger partial charge in [0.2, 0.25) is 11.8 Å². The lowest BCUT2D eigenvalue weighted by Gasteiger charge is -2.19. The van der Waals surface area contributed by atoms with E-state index in [4.69, 9.17) is 10.5 Å². The molecule has 0 aliphatic carbocycles. The van der Waals surface area contributed by atoms with Gasteiger partial charge in [0.25, 0.3) is 0 Å². The van der Waals surface area contributed by atoms with Crippen LogP contribution in [0.1, 0.15) is 31.7 Å². The minimum absolute atomic E-state index is 0.00857. The van der Waals surface area contributed by atoms with E-state index in [2.05, 4.69) is 15.8 Å². The minimum Gasteiger partial charge on any atom is -0.494 e. The number of hydrazone groups is 1. The van der Waals surface area contributed by atoms with Crippen molar-refractivity contribution in [3.63, 3.8) is 0 Å². The summed E-state index contributed by atoms with van der Waals surface area (Å²) in [7, 11) is 0. The van der Waals surface area contributed by atoms with Gasteiger partial charge < -0.3 is 15.8 Å². The van der Waals surface area contributed by atoms with Gasteiger partial charge in [0.15, 0.2) is 0 Å². The maximum Gasteiger partial charge on any atom is 0.240 e. The zero-order valence-electron chi connectivity index (χ0n) is 13.9. The standard InChI is InChI=1S/C17H24N4O3/c1-12-11-16(23)20-21-17(12)13-4-6-14(7-5-13)24-10-2-3-15(22)19-9-8-18/h4-7,12H,2-3,8-11,18H2,1H3,(H,19,22)(H,20,23). The van der Waals surface area contributed by atoms with Crippen molar-refractivity contribution in [1.29, 1.82) is 0 Å². The molecule has 0 saturated carbocycles. The van der Waals surface area contributed by atoms with Gasteiger partial charge in [-0.1, -0.05) is 6.92 Å². The van der Waals surface area contributed by atoms with Crippen LogP contribution in [0.25, 0.3) is 0 Å². The molecule has 1 aromatic rings. The number of amides is 2. The average molecular weight is 332 g/mol. The molecule has 4 N–H and O–H groups in total. The fourth-order valence-electron chi connectivity index (χ4n) is 2.45. The Labute approximate surface area is 141 Å². The van der Waals surface area contributed by atoms with Crippen molar-refractivity contribution < 1.29 is 14.3 Å². The maximum atomic E-state index is 11.4. The molecule has 130 valence electrons. The van der Waals surface area contributed by atoms with E-state index in [1.54, 1.807) is 0 Å². The van der Waals surface area contributed by atoms with Crippen LogP contribution < -0.4 is 21.2 Å². The smallest absolute Gasteiger partial charge is 0.240 e. The Morgan fingerprint density at radius 2 is 2.17 bits per heavy atom. The Morgan fingerprint density at radius 1 is 1.42 bits per heavy atom. The molecule has 0 bridgehead atoms. The van der Waals surface area contributed by atoms with Crippen molar-refractivity contribution in [1.82, 2.24) is 10.7 Å². The van der Waals surface area contributed by atoms with E-state index in [-0.39, 0.29) is 17.7 Å². The number of benzene rings is 1. The Morgan fingerprint density at radius 3 is 2.83 bits per heavy atom. The van der Waals surface area contributed by atoms with Crippen LogP contribution in [0.3, 0.4) is 0 Å². The van der Waals surface area contributed by atoms with Gasteiger partial charge in [-0.25, -0.2) is 5.43 Å². The van der Waals surface area contributed by atoms with Gasteiger partial charge in [-0.15, -0.1) is 0 Å². The van der Waals surface area contributed by atoms with E-state index in [1.165, 1.54) is 0 Å². The molecule has 1 heterocycles. The van der Waals surface area contributed by atoms with Crippen LogP contribution in [-0.2, 0) is 9.59 Å². The van der Waals surface area contributed by atoms with Crippen molar-refractivity contribution in [2.45, 2.75) is 26.2 Å². The van der Waals surface area contributed by atoms with E-state index in [9.17, 15) is 9.59 Å². The van der Waals surface area contributed by atoms with Gasteiger partial charge in [-0.3, -0.25) is 9.59 Å². The minimum atomic E-state index is -0.0540. The lowest BCUT2D eigenvalue weighted by atomic mass is 9.94. The van der Waals surface area contributed by atoms with Crippen LogP contribution in [0.2, 0.25) is 0 Å². The van der Waals surface area contributed by atoms with Crippen molar-refractivity contribution in [2.75, 3.05) is 19.7 Å². The second-order valence-corrected chi connectivity index (χ2v) is 5.75. The molecule has 1 aliphatic heterocycles. The van der Waals surface area contributed by atoms with Crippen molar-refractivity contribution in [3.05, 3.63) is 29.8 Å². The van der Waals surface area contributed by atoms with E-state index in [0.29, 0.717) is 39.0 Å². The summed E-state index contributed by atoms with van der Waals surface area (Å²) in [6, 6.07) is 7.59. The van der Waals surface area contributed by atoms with Gasteiger partial charge in [0.1, 0.15) is 5.75 Å². The molecule has 2 amide bonds. The fourth-order valence-corrected chi connectivity index (χ4v) is 2.45. The zero-order valence-corrected chi connectivity index (χ0v) is 13.9. The molecule has 24 heavy (non-hydrogen) atoms. The topological polar surface area (TPSA) is 106 Å². The lowest BCUT2D eigenvalue weighted by molar-refractivity contribution is -0.122. The van der Waals surface area contributed by atoms with Crippen LogP contribution in [0, 0.1) is 5.92 Å². The Bertz CT molecular complexity index is 598. The number of rotatable bonds is 8. The molecule has 0 radical (unpaired) electrons. The molecular formula is C17H24N4O3. The Balaban J connectivity index is 1.78. The highest BCUT2D eigenvalue weighted by molar-refractivity contribution is 6.05. The summed E-state index contributed by atoms with van der Waals surface area (Å²) in [6.07, 6.45) is 1.52. The molecule has 1 aliphatic rings. The Hall–Kier alpha value is -2.41. The van der Waals surface area contributed by atoms with Gasteiger partial charge in [-0.2, -0.15) is 5.10 Å². The third-order valence-electron chi connectivity index (χ3n) is 3.69. The molecular weight excluding hydrogens is 308 g/mol. The number of nitrogens with zero attached hydrogens (tertiary/aromatic N) is 1. The van der Waals surface area contributed by atoms with E-state index in [0.717, 1.165) is 17.0 Å². The number of hydrogen-bond donors (Lipinski definition) is 3. The van der Waals surface area contributed by atoms with E-state index >= 15 is 0 Å². The summed E-state index contributed by atoms with van der Waals surface area (Å²) >= 11 is 0. The first-order valence-electron chi connectivity index (χ1n) is 8.16. The number of carbonyl (C=O) groups is 2. The first-order valence-corrected chi connectivity index (χ1v) is 8.16. The van der Waals surface area contributed by atoms with Gasteiger partial charge in [0, 0.05) is 31.8 Å². The van der Waals surface area contributed by atoms with Gasteiger partial charge >= 0.3 is 0 Å². The summed E-state index contributed by atoms with van der Waals surface area (Å²) in [5.74, 6) is 0.777. The fraction of sp³-hybridized carbons (Fsp3) is 0.471. The van der Waals surface area contributed by atoms with Gasteiger partial charge in [0.05, 0.1) is 12.3 Å². The third kappa shape index (κ3) is 5.34. The Kier molecular flexibility index (Phi) is 6.74. The molecule has 1 aromatic carbocycles. The molecule has 0 aromatic heterocycles. The van der Waals surface area contributed by atoms with Crippen LogP contribution in [0.4, 0.5) is 0 Å². The summed E-state index contributed by atoms with van der Waals surface area (Å²) in [5, 5.41) is 6.85. The van der Waals surface area contributed by atoms with Crippen LogP contribution in [0.5, 0.6) is 5.75 Å². The normalized spacial score (nSPS) is 17.0. The van der Waals surface area contributed by atoms with Crippen LogP contribution in [0.15, 0.2) is 29.4 Å². The van der Waals surface area contributed by atoms with E-state index in [1.807, 2.05) is 31.2 Å². The highest BCUT2D eigenvalue weighted by atomic mass is 16.5. The predicted octanol–water partition coefficient (Wildman–Crippen LogP) is 0.781. The number of nitrogens with two attached hydrogens (primary N) is 1. The van der Waals surface area contributed by atoms with Crippen molar-refractivity contribution >= 4 is 17.5 Å². The average Bonchev–Trinajstić information content (AvgIpc) is 2.57. The quantitative estimate of drug-likeness (QED) is 0.612. The predicted molar refractivity (Wildman–Crippen MR) is 91.7 cm³/mol. The summed E-state index contributed by atoms with van der Waals surface area (Å²) < 4.78 is 5.63. The van der Waals surface area contributed by atoms with Crippen LogP contribution >= 0.6 is 0 Å². The lowest BCUT2D eigenvalue weighted by Crippen LogP contribution is -2.31. The second kappa shape index (κ2) is 9.02. The number of hydrogen-bond acceptors (Lipinski definition) is 5. The summed E-state index contributed by atoms with van der Waals surface area (Å²) in [6.45, 7) is 3.41. The first kappa shape index (κ1) is 17.9. The number of ether oxygens (including phenoxy) is 1. The molecule has 0 spiro atoms. The van der Waals surface area contributed by atoms with Crippen molar-refractivity contribution in [3.8, 4) is 5.75 Å². The maximum absolute atomic E-state index is 11.4. The second-order valence-electron chi connectivity index (χ2n) is 5.75. The largest absolute Gasteiger partial charge is 0.494 e. The monoisotopic (exact) mass is 332 g/mol. The highest BCUT2D eigenvalue weighted by Crippen LogP contribution is 2.19. The SMILES string of the molecule is CC1CC(=O)NN=C1c1ccc(OCCCC(=O)NCCN)cc1. The number of nitrogens with one attached hydrogen (secondary N) is 2. The molecule has 7 nitrogen and oxygen atoms in total. The number of carbonyl (C=O) groups excluding carboxylic acids is 2.